The Bertz CT molecular complexity index is 163. The SMILES string of the molecule is CO[C@]1(CCO)C[C@H](O)[C@@H](CO)O1. The molecule has 0 aromatic rings. The number of rotatable bonds is 4. The zero-order chi connectivity index (χ0) is 9.90. The average molecular weight is 192 g/mol. The van der Waals surface area contributed by atoms with Crippen molar-refractivity contribution >= 4 is 0 Å². The lowest BCUT2D eigenvalue weighted by molar-refractivity contribution is -0.223. The molecule has 0 amide bonds. The summed E-state index contributed by atoms with van der Waals surface area (Å²) < 4.78 is 10.4. The van der Waals surface area contributed by atoms with Gasteiger partial charge in [0, 0.05) is 26.6 Å². The van der Waals surface area contributed by atoms with Crippen molar-refractivity contribution in [3.05, 3.63) is 0 Å². The van der Waals surface area contributed by atoms with Gasteiger partial charge in [-0.15, -0.1) is 0 Å². The molecule has 0 spiro atoms. The summed E-state index contributed by atoms with van der Waals surface area (Å²) in [6.45, 7) is -0.309. The van der Waals surface area contributed by atoms with Gasteiger partial charge in [0.25, 0.3) is 0 Å². The van der Waals surface area contributed by atoms with Crippen molar-refractivity contribution < 1.29 is 24.8 Å². The molecule has 1 rings (SSSR count). The fraction of sp³-hybridized carbons (Fsp3) is 1.00. The number of methoxy groups -OCH3 is 1. The molecule has 5 heteroatoms. The Morgan fingerprint density at radius 1 is 1.54 bits per heavy atom. The lowest BCUT2D eigenvalue weighted by atomic mass is 10.1. The molecule has 1 fully saturated rings. The van der Waals surface area contributed by atoms with Gasteiger partial charge in [0.15, 0.2) is 5.79 Å². The molecule has 13 heavy (non-hydrogen) atoms. The normalized spacial score (nSPS) is 39.7. The number of ether oxygens (including phenoxy) is 2. The maximum atomic E-state index is 9.44. The third-order valence-corrected chi connectivity index (χ3v) is 2.36. The van der Waals surface area contributed by atoms with Gasteiger partial charge >= 0.3 is 0 Å². The highest BCUT2D eigenvalue weighted by atomic mass is 16.7. The molecule has 0 radical (unpaired) electrons. The zero-order valence-electron chi connectivity index (χ0n) is 7.64. The summed E-state index contributed by atoms with van der Waals surface area (Å²) in [5, 5.41) is 27.0. The monoisotopic (exact) mass is 192 g/mol. The minimum atomic E-state index is -0.929. The first-order valence-electron chi connectivity index (χ1n) is 4.30. The van der Waals surface area contributed by atoms with Crippen LogP contribution in [0.25, 0.3) is 0 Å². The van der Waals surface area contributed by atoms with Crippen LogP contribution in [0.4, 0.5) is 0 Å². The van der Waals surface area contributed by atoms with Crippen molar-refractivity contribution in [1.82, 2.24) is 0 Å². The molecule has 0 aromatic carbocycles. The van der Waals surface area contributed by atoms with Gasteiger partial charge in [-0.25, -0.2) is 0 Å². The third-order valence-electron chi connectivity index (χ3n) is 2.36. The van der Waals surface area contributed by atoms with E-state index in [0.29, 0.717) is 6.42 Å². The van der Waals surface area contributed by atoms with Gasteiger partial charge in [0.1, 0.15) is 6.10 Å². The summed E-state index contributed by atoms with van der Waals surface area (Å²) in [5.74, 6) is -0.929. The van der Waals surface area contributed by atoms with E-state index in [4.69, 9.17) is 19.7 Å². The lowest BCUT2D eigenvalue weighted by Gasteiger charge is -2.26. The second-order valence-corrected chi connectivity index (χ2v) is 3.20. The summed E-state index contributed by atoms with van der Waals surface area (Å²) in [5.41, 5.74) is 0. The molecule has 1 aliphatic rings. The van der Waals surface area contributed by atoms with Gasteiger partial charge in [0.05, 0.1) is 12.7 Å². The molecule has 1 aliphatic heterocycles. The Kier molecular flexibility index (Phi) is 3.63. The van der Waals surface area contributed by atoms with Crippen molar-refractivity contribution in [3.63, 3.8) is 0 Å². The van der Waals surface area contributed by atoms with Crippen LogP contribution in [0.3, 0.4) is 0 Å². The van der Waals surface area contributed by atoms with Crippen molar-refractivity contribution in [1.29, 1.82) is 0 Å². The van der Waals surface area contributed by atoms with Gasteiger partial charge in [-0.1, -0.05) is 0 Å². The number of aliphatic hydroxyl groups is 3. The van der Waals surface area contributed by atoms with Crippen LogP contribution in [-0.4, -0.2) is 53.6 Å². The van der Waals surface area contributed by atoms with Gasteiger partial charge in [-0.3, -0.25) is 0 Å². The second-order valence-electron chi connectivity index (χ2n) is 3.20. The molecule has 3 N–H and O–H groups in total. The van der Waals surface area contributed by atoms with Gasteiger partial charge in [-0.2, -0.15) is 0 Å². The highest BCUT2D eigenvalue weighted by molar-refractivity contribution is 4.87. The first-order valence-corrected chi connectivity index (χ1v) is 4.30. The Labute approximate surface area is 76.9 Å². The Hall–Kier alpha value is -0.200. The molecular weight excluding hydrogens is 176 g/mol. The van der Waals surface area contributed by atoms with Crippen LogP contribution in [-0.2, 0) is 9.47 Å². The lowest BCUT2D eigenvalue weighted by Crippen LogP contribution is -2.33. The molecule has 5 nitrogen and oxygen atoms in total. The van der Waals surface area contributed by atoms with Crippen molar-refractivity contribution in [2.24, 2.45) is 0 Å². The molecule has 1 saturated heterocycles. The largest absolute Gasteiger partial charge is 0.396 e. The Morgan fingerprint density at radius 3 is 2.62 bits per heavy atom. The summed E-state index contributed by atoms with van der Waals surface area (Å²) in [7, 11) is 1.46. The smallest absolute Gasteiger partial charge is 0.173 e. The van der Waals surface area contributed by atoms with Crippen LogP contribution in [0.15, 0.2) is 0 Å². The predicted octanol–water partition coefficient (Wildman–Crippen LogP) is -1.15. The van der Waals surface area contributed by atoms with E-state index in [1.165, 1.54) is 7.11 Å². The Morgan fingerprint density at radius 2 is 2.23 bits per heavy atom. The van der Waals surface area contributed by atoms with Gasteiger partial charge in [0.2, 0.25) is 0 Å². The molecule has 0 aromatic heterocycles. The third kappa shape index (κ3) is 2.18. The van der Waals surface area contributed by atoms with Gasteiger partial charge in [-0.05, 0) is 0 Å². The fourth-order valence-corrected chi connectivity index (χ4v) is 1.58. The highest BCUT2D eigenvalue weighted by Gasteiger charge is 2.45. The summed E-state index contributed by atoms with van der Waals surface area (Å²) >= 11 is 0. The van der Waals surface area contributed by atoms with Gasteiger partial charge < -0.3 is 24.8 Å². The molecule has 0 unspecified atom stereocenters. The van der Waals surface area contributed by atoms with Crippen molar-refractivity contribution in [3.8, 4) is 0 Å². The molecular formula is C8H16O5. The van der Waals surface area contributed by atoms with E-state index in [1.54, 1.807) is 0 Å². The standard InChI is InChI=1S/C8H16O5/c1-12-8(2-3-9)4-6(11)7(5-10)13-8/h6-7,9-11H,2-5H2,1H3/t6-,7+,8-/m0/s1. The summed E-state index contributed by atoms with van der Waals surface area (Å²) in [4.78, 5) is 0. The van der Waals surface area contributed by atoms with Crippen LogP contribution in [0.1, 0.15) is 12.8 Å². The van der Waals surface area contributed by atoms with E-state index in [1.807, 2.05) is 0 Å². The first-order chi connectivity index (χ1) is 6.17. The van der Waals surface area contributed by atoms with Crippen LogP contribution >= 0.6 is 0 Å². The van der Waals surface area contributed by atoms with Crippen molar-refractivity contribution in [2.75, 3.05) is 20.3 Å². The summed E-state index contributed by atoms with van der Waals surface area (Å²) in [6.07, 6.45) is -0.741. The average Bonchev–Trinajstić information content (AvgIpc) is 2.44. The highest BCUT2D eigenvalue weighted by Crippen LogP contribution is 2.33. The molecule has 3 atom stereocenters. The molecule has 1 heterocycles. The maximum absolute atomic E-state index is 9.44. The topological polar surface area (TPSA) is 79.2 Å². The Balaban J connectivity index is 2.60. The number of aliphatic hydroxyl groups excluding tert-OH is 3. The molecule has 0 bridgehead atoms. The summed E-state index contributed by atoms with van der Waals surface area (Å²) in [6, 6.07) is 0. The minimum Gasteiger partial charge on any atom is -0.396 e. The van der Waals surface area contributed by atoms with Crippen molar-refractivity contribution in [2.45, 2.75) is 30.8 Å². The predicted molar refractivity (Wildman–Crippen MR) is 44.0 cm³/mol. The van der Waals surface area contributed by atoms with Crippen LogP contribution in [0.2, 0.25) is 0 Å². The van der Waals surface area contributed by atoms with E-state index in [0.717, 1.165) is 0 Å². The maximum Gasteiger partial charge on any atom is 0.173 e. The number of hydrogen-bond donors (Lipinski definition) is 3. The second kappa shape index (κ2) is 4.34. The molecule has 0 aliphatic carbocycles. The van der Waals surface area contributed by atoms with E-state index >= 15 is 0 Å². The van der Waals surface area contributed by atoms with Crippen LogP contribution in [0, 0.1) is 0 Å². The van der Waals surface area contributed by atoms with E-state index in [2.05, 4.69) is 0 Å². The van der Waals surface area contributed by atoms with Crippen LogP contribution < -0.4 is 0 Å². The van der Waals surface area contributed by atoms with E-state index in [9.17, 15) is 5.11 Å². The molecule has 0 saturated carbocycles. The minimum absolute atomic E-state index is 0.0707. The fourth-order valence-electron chi connectivity index (χ4n) is 1.58. The van der Waals surface area contributed by atoms with E-state index < -0.39 is 18.0 Å². The van der Waals surface area contributed by atoms with E-state index in [-0.39, 0.29) is 19.6 Å². The zero-order valence-corrected chi connectivity index (χ0v) is 7.64. The number of hydrogen-bond acceptors (Lipinski definition) is 5. The van der Waals surface area contributed by atoms with Crippen LogP contribution in [0.5, 0.6) is 0 Å². The molecule has 78 valence electrons. The first kappa shape index (κ1) is 10.9. The quantitative estimate of drug-likeness (QED) is 0.524.